The lowest BCUT2D eigenvalue weighted by atomic mass is 9.65. The van der Waals surface area contributed by atoms with Crippen molar-refractivity contribution in [1.82, 2.24) is 15.5 Å². The number of nitrogens with one attached hydrogen (secondary N) is 2. The molecule has 4 atom stereocenters. The van der Waals surface area contributed by atoms with Gasteiger partial charge in [0, 0.05) is 17.4 Å². The molecule has 2 N–H and O–H groups in total. The van der Waals surface area contributed by atoms with Crippen molar-refractivity contribution in [2.45, 2.75) is 12.0 Å². The zero-order valence-corrected chi connectivity index (χ0v) is 25.8. The van der Waals surface area contributed by atoms with E-state index in [1.807, 2.05) is 24.3 Å². The van der Waals surface area contributed by atoms with Crippen LogP contribution in [0.15, 0.2) is 48.5 Å². The van der Waals surface area contributed by atoms with Crippen LogP contribution in [0.2, 0.25) is 10.0 Å². The predicted molar refractivity (Wildman–Crippen MR) is 163 cm³/mol. The third-order valence-electron chi connectivity index (χ3n) is 8.56. The summed E-state index contributed by atoms with van der Waals surface area (Å²) in [7, 11) is 4.60. The molecule has 0 saturated carbocycles. The van der Waals surface area contributed by atoms with Gasteiger partial charge in [0.15, 0.2) is 23.0 Å². The van der Waals surface area contributed by atoms with E-state index < -0.39 is 29.7 Å². The Morgan fingerprint density at radius 1 is 0.911 bits per heavy atom. The molecule has 13 heteroatoms. The maximum Gasteiger partial charge on any atom is 0.310 e. The molecule has 0 radical (unpaired) electrons. The van der Waals surface area contributed by atoms with E-state index in [9.17, 15) is 9.59 Å². The minimum Gasteiger partial charge on any atom is -0.493 e. The van der Waals surface area contributed by atoms with Crippen molar-refractivity contribution in [3.8, 4) is 40.0 Å². The number of amides is 1. The molecule has 0 bridgehead atoms. The van der Waals surface area contributed by atoms with Crippen molar-refractivity contribution in [1.29, 1.82) is 0 Å². The van der Waals surface area contributed by atoms with Crippen LogP contribution >= 0.6 is 23.2 Å². The van der Waals surface area contributed by atoms with Crippen LogP contribution in [0.5, 0.6) is 28.7 Å². The van der Waals surface area contributed by atoms with Gasteiger partial charge in [0.1, 0.15) is 5.69 Å². The van der Waals surface area contributed by atoms with Gasteiger partial charge in [-0.1, -0.05) is 29.3 Å². The van der Waals surface area contributed by atoms with Crippen LogP contribution < -0.4 is 29.0 Å². The highest BCUT2D eigenvalue weighted by molar-refractivity contribution is 6.42. The third kappa shape index (κ3) is 4.87. The average Bonchev–Trinajstić information content (AvgIpc) is 3.81. The van der Waals surface area contributed by atoms with Crippen molar-refractivity contribution >= 4 is 35.1 Å². The zero-order valence-electron chi connectivity index (χ0n) is 24.3. The highest BCUT2D eigenvalue weighted by Gasteiger charge is 2.53. The second-order valence-electron chi connectivity index (χ2n) is 10.8. The standard InChI is InChI=1S/C32H27Cl2N3O8/c1-40-25-7-15(8-26(41-2)30(25)42-3)27-16-9-23-24(45-13-44-23)10-17(16)29(18-12-43-32(39)28(18)27)35-31(38)22-11-21(36-37-22)14-4-5-19(33)20(34)6-14/h4-11,18,27-29H,12-13H2,1-3H3,(H,35,38)(H,36,37)/t18-,27+,28-,29-/m0/s1. The quantitative estimate of drug-likeness (QED) is 0.247. The van der Waals surface area contributed by atoms with Gasteiger partial charge >= 0.3 is 5.97 Å². The molecule has 11 nitrogen and oxygen atoms in total. The molecule has 3 aliphatic rings. The lowest BCUT2D eigenvalue weighted by Crippen LogP contribution is -2.43. The van der Waals surface area contributed by atoms with E-state index in [0.29, 0.717) is 50.1 Å². The fourth-order valence-electron chi connectivity index (χ4n) is 6.49. The molecule has 0 spiro atoms. The summed E-state index contributed by atoms with van der Waals surface area (Å²) in [4.78, 5) is 27.2. The summed E-state index contributed by atoms with van der Waals surface area (Å²) in [6, 6.07) is 13.5. The number of halogens is 2. The maximum atomic E-state index is 13.7. The number of aromatic nitrogens is 2. The second-order valence-corrected chi connectivity index (χ2v) is 11.7. The van der Waals surface area contributed by atoms with E-state index >= 15 is 0 Å². The monoisotopic (exact) mass is 651 g/mol. The van der Waals surface area contributed by atoms with Crippen LogP contribution in [-0.4, -0.2) is 56.8 Å². The molecule has 1 amide bonds. The molecule has 3 heterocycles. The number of hydrogen-bond acceptors (Lipinski definition) is 9. The summed E-state index contributed by atoms with van der Waals surface area (Å²) >= 11 is 12.3. The number of aromatic amines is 1. The number of fused-ring (bicyclic) bond motifs is 3. The fraction of sp³-hybridized carbons (Fsp3) is 0.281. The Morgan fingerprint density at radius 3 is 2.29 bits per heavy atom. The van der Waals surface area contributed by atoms with E-state index in [4.69, 9.17) is 51.6 Å². The number of hydrogen-bond donors (Lipinski definition) is 2. The van der Waals surface area contributed by atoms with Crippen LogP contribution in [0.3, 0.4) is 0 Å². The molecule has 7 rings (SSSR count). The van der Waals surface area contributed by atoms with Gasteiger partial charge in [-0.05, 0) is 59.2 Å². The number of cyclic esters (lactones) is 1. The highest BCUT2D eigenvalue weighted by Crippen LogP contribution is 2.55. The van der Waals surface area contributed by atoms with Gasteiger partial charge in [0.25, 0.3) is 5.91 Å². The Balaban J connectivity index is 1.31. The Bertz CT molecular complexity index is 1820. The largest absolute Gasteiger partial charge is 0.493 e. The van der Waals surface area contributed by atoms with Gasteiger partial charge in [-0.25, -0.2) is 0 Å². The number of nitrogens with zero attached hydrogens (tertiary/aromatic N) is 1. The van der Waals surface area contributed by atoms with Crippen LogP contribution in [0.4, 0.5) is 0 Å². The highest BCUT2D eigenvalue weighted by atomic mass is 35.5. The van der Waals surface area contributed by atoms with E-state index in [0.717, 1.165) is 16.7 Å². The number of esters is 1. The first-order chi connectivity index (χ1) is 21.8. The molecule has 1 fully saturated rings. The molecular weight excluding hydrogens is 625 g/mol. The molecule has 45 heavy (non-hydrogen) atoms. The van der Waals surface area contributed by atoms with Crippen molar-refractivity contribution < 1.29 is 38.0 Å². The number of carbonyl (C=O) groups is 2. The molecule has 3 aromatic carbocycles. The number of carbonyl (C=O) groups excluding carboxylic acids is 2. The third-order valence-corrected chi connectivity index (χ3v) is 9.30. The van der Waals surface area contributed by atoms with Gasteiger partial charge in [-0.2, -0.15) is 5.10 Å². The molecule has 0 unspecified atom stereocenters. The number of rotatable bonds is 7. The topological polar surface area (TPSA) is 130 Å². The van der Waals surface area contributed by atoms with Gasteiger partial charge in [-0.3, -0.25) is 14.7 Å². The first-order valence-electron chi connectivity index (χ1n) is 14.0. The van der Waals surface area contributed by atoms with Gasteiger partial charge in [0.2, 0.25) is 12.5 Å². The van der Waals surface area contributed by atoms with Gasteiger partial charge in [0.05, 0.1) is 55.6 Å². The van der Waals surface area contributed by atoms with E-state index in [1.54, 1.807) is 24.3 Å². The van der Waals surface area contributed by atoms with Crippen LogP contribution in [0.1, 0.15) is 39.1 Å². The van der Waals surface area contributed by atoms with E-state index in [2.05, 4.69) is 15.5 Å². The summed E-state index contributed by atoms with van der Waals surface area (Å²) in [5.74, 6) is 0.108. The summed E-state index contributed by atoms with van der Waals surface area (Å²) in [5.41, 5.74) is 3.74. The minimum absolute atomic E-state index is 0.0602. The number of methoxy groups -OCH3 is 3. The Hall–Kier alpha value is -4.61. The van der Waals surface area contributed by atoms with Crippen molar-refractivity contribution in [2.24, 2.45) is 11.8 Å². The number of H-pyrrole nitrogens is 1. The molecular formula is C32H27Cl2N3O8. The van der Waals surface area contributed by atoms with Crippen molar-refractivity contribution in [2.75, 3.05) is 34.7 Å². The first kappa shape index (κ1) is 29.1. The zero-order chi connectivity index (χ0) is 31.4. The Kier molecular flexibility index (Phi) is 7.37. The van der Waals surface area contributed by atoms with Crippen LogP contribution in [0, 0.1) is 11.8 Å². The fourth-order valence-corrected chi connectivity index (χ4v) is 6.79. The van der Waals surface area contributed by atoms with Crippen LogP contribution in [-0.2, 0) is 9.53 Å². The summed E-state index contributed by atoms with van der Waals surface area (Å²) in [6.07, 6.45) is 0. The second kappa shape index (κ2) is 11.4. The minimum atomic E-state index is -0.639. The molecule has 1 aliphatic carbocycles. The molecule has 4 aromatic rings. The SMILES string of the molecule is COc1cc([C@@H]2c3cc4c(cc3[C@H](NC(=O)c3cc(-c5ccc(Cl)c(Cl)c5)n[nH]3)[C@H]3COC(=O)[C@H]23)OCO4)cc(OC)c1OC. The van der Waals surface area contributed by atoms with E-state index in [-0.39, 0.29) is 25.1 Å². The normalized spacial score (nSPS) is 21.0. The first-order valence-corrected chi connectivity index (χ1v) is 14.8. The van der Waals surface area contributed by atoms with Crippen LogP contribution in [0.25, 0.3) is 11.3 Å². The van der Waals surface area contributed by atoms with Gasteiger partial charge < -0.3 is 33.7 Å². The van der Waals surface area contributed by atoms with Crippen molar-refractivity contribution in [3.63, 3.8) is 0 Å². The predicted octanol–water partition coefficient (Wildman–Crippen LogP) is 5.54. The molecule has 1 aromatic heterocycles. The lowest BCUT2D eigenvalue weighted by molar-refractivity contribution is -0.141. The Morgan fingerprint density at radius 2 is 1.62 bits per heavy atom. The maximum absolute atomic E-state index is 13.7. The smallest absolute Gasteiger partial charge is 0.310 e. The Labute approximate surface area is 267 Å². The summed E-state index contributed by atoms with van der Waals surface area (Å²) < 4.78 is 33.9. The number of ether oxygens (including phenoxy) is 6. The molecule has 232 valence electrons. The molecule has 2 aliphatic heterocycles. The van der Waals surface area contributed by atoms with E-state index in [1.165, 1.54) is 21.3 Å². The number of benzene rings is 3. The lowest BCUT2D eigenvalue weighted by Gasteiger charge is -2.39. The molecule has 1 saturated heterocycles. The average molecular weight is 652 g/mol. The van der Waals surface area contributed by atoms with Crippen molar-refractivity contribution in [3.05, 3.63) is 81.0 Å². The summed E-state index contributed by atoms with van der Waals surface area (Å²) in [5, 5.41) is 11.0. The summed E-state index contributed by atoms with van der Waals surface area (Å²) in [6.45, 7) is 0.172. The van der Waals surface area contributed by atoms with Gasteiger partial charge in [-0.15, -0.1) is 0 Å².